The Morgan fingerprint density at radius 1 is 1.35 bits per heavy atom. The molecule has 0 aliphatic rings. The van der Waals surface area contributed by atoms with Crippen molar-refractivity contribution in [3.63, 3.8) is 0 Å². The highest BCUT2D eigenvalue weighted by Gasteiger charge is 2.16. The summed E-state index contributed by atoms with van der Waals surface area (Å²) in [5.41, 5.74) is 3.93. The molecule has 0 bridgehead atoms. The van der Waals surface area contributed by atoms with Crippen LogP contribution in [0.1, 0.15) is 40.0 Å². The van der Waals surface area contributed by atoms with Crippen LogP contribution in [-0.4, -0.2) is 17.5 Å². The second-order valence-corrected chi connectivity index (χ2v) is 5.13. The van der Waals surface area contributed by atoms with Crippen molar-refractivity contribution >= 4 is 17.1 Å². The normalized spacial score (nSPS) is 10.7. The van der Waals surface area contributed by atoms with Crippen molar-refractivity contribution in [3.8, 4) is 0 Å². The number of hydrogen-bond donors (Lipinski definition) is 2. The Kier molecular flexibility index (Phi) is 6.24. The number of rotatable bonds is 8. The molecule has 6 nitrogen and oxygen atoms in total. The number of benzene rings is 1. The van der Waals surface area contributed by atoms with Gasteiger partial charge in [0.25, 0.3) is 5.69 Å². The van der Waals surface area contributed by atoms with Gasteiger partial charge in [-0.2, -0.15) is 0 Å². The Morgan fingerprint density at radius 3 is 2.55 bits per heavy atom. The summed E-state index contributed by atoms with van der Waals surface area (Å²) in [5.74, 6) is 5.39. The number of nitro benzene ring substituents is 1. The molecule has 112 valence electrons. The van der Waals surface area contributed by atoms with Crippen LogP contribution in [0.2, 0.25) is 0 Å². The van der Waals surface area contributed by atoms with E-state index in [1.807, 2.05) is 6.07 Å². The lowest BCUT2D eigenvalue weighted by Crippen LogP contribution is -2.31. The van der Waals surface area contributed by atoms with Crippen LogP contribution in [0.5, 0.6) is 0 Å². The summed E-state index contributed by atoms with van der Waals surface area (Å²) in [4.78, 5) is 12.8. The molecule has 3 N–H and O–H groups in total. The number of nitro groups is 1. The Labute approximate surface area is 120 Å². The van der Waals surface area contributed by atoms with Crippen LogP contribution in [0, 0.1) is 10.1 Å². The van der Waals surface area contributed by atoms with E-state index < -0.39 is 4.92 Å². The predicted molar refractivity (Wildman–Crippen MR) is 82.9 cm³/mol. The zero-order valence-electron chi connectivity index (χ0n) is 12.4. The van der Waals surface area contributed by atoms with Crippen molar-refractivity contribution in [2.24, 2.45) is 5.84 Å². The average molecular weight is 280 g/mol. The van der Waals surface area contributed by atoms with E-state index in [4.69, 9.17) is 5.84 Å². The van der Waals surface area contributed by atoms with E-state index in [2.05, 4.69) is 31.1 Å². The van der Waals surface area contributed by atoms with E-state index in [0.29, 0.717) is 5.69 Å². The predicted octanol–water partition coefficient (Wildman–Crippen LogP) is 3.29. The number of anilines is 2. The van der Waals surface area contributed by atoms with Crippen LogP contribution < -0.4 is 16.2 Å². The van der Waals surface area contributed by atoms with Gasteiger partial charge in [0.15, 0.2) is 0 Å². The van der Waals surface area contributed by atoms with Gasteiger partial charge >= 0.3 is 0 Å². The molecule has 0 aliphatic carbocycles. The number of unbranched alkanes of at least 4 members (excludes halogenated alkanes) is 2. The van der Waals surface area contributed by atoms with Crippen LogP contribution in [0.25, 0.3) is 0 Å². The van der Waals surface area contributed by atoms with Crippen LogP contribution in [0.15, 0.2) is 18.2 Å². The van der Waals surface area contributed by atoms with Gasteiger partial charge in [-0.3, -0.25) is 16.0 Å². The van der Waals surface area contributed by atoms with Gasteiger partial charge in [-0.25, -0.2) is 0 Å². The largest absolute Gasteiger partial charge is 0.369 e. The first-order valence-corrected chi connectivity index (χ1v) is 7.02. The molecule has 0 aliphatic heterocycles. The molecule has 0 saturated carbocycles. The zero-order valence-corrected chi connectivity index (χ0v) is 12.4. The van der Waals surface area contributed by atoms with E-state index in [1.165, 1.54) is 6.07 Å². The first kappa shape index (κ1) is 16.2. The maximum atomic E-state index is 11.0. The van der Waals surface area contributed by atoms with Gasteiger partial charge in [-0.15, -0.1) is 0 Å². The Balaban J connectivity index is 3.05. The maximum Gasteiger partial charge on any atom is 0.273 e. The molecular formula is C14H24N4O2. The second-order valence-electron chi connectivity index (χ2n) is 5.13. The van der Waals surface area contributed by atoms with Gasteiger partial charge in [-0.1, -0.05) is 19.8 Å². The number of hydrogen-bond acceptors (Lipinski definition) is 5. The second kappa shape index (κ2) is 7.69. The van der Waals surface area contributed by atoms with Crippen molar-refractivity contribution in [2.75, 3.05) is 16.9 Å². The zero-order chi connectivity index (χ0) is 15.1. The minimum absolute atomic E-state index is 0.0524. The van der Waals surface area contributed by atoms with E-state index >= 15 is 0 Å². The number of non-ortho nitro benzene ring substituents is 1. The molecule has 0 spiro atoms. The summed E-state index contributed by atoms with van der Waals surface area (Å²) < 4.78 is 0. The molecule has 1 rings (SSSR count). The molecule has 0 saturated heterocycles. The number of hydrazine groups is 1. The fraction of sp³-hybridized carbons (Fsp3) is 0.571. The molecule has 6 heteroatoms. The monoisotopic (exact) mass is 280 g/mol. The molecule has 0 radical (unpaired) electrons. The molecule has 0 fully saturated rings. The van der Waals surface area contributed by atoms with Gasteiger partial charge < -0.3 is 10.3 Å². The Bertz CT molecular complexity index is 449. The lowest BCUT2D eigenvalue weighted by molar-refractivity contribution is -0.384. The van der Waals surface area contributed by atoms with Gasteiger partial charge in [0.2, 0.25) is 0 Å². The molecular weight excluding hydrogens is 256 g/mol. The highest BCUT2D eigenvalue weighted by atomic mass is 16.6. The topological polar surface area (TPSA) is 84.4 Å². The first-order chi connectivity index (χ1) is 9.49. The molecule has 20 heavy (non-hydrogen) atoms. The number of nitrogen functional groups attached to an aromatic ring is 1. The third-order valence-corrected chi connectivity index (χ3v) is 3.24. The molecule has 0 unspecified atom stereocenters. The maximum absolute atomic E-state index is 11.0. The van der Waals surface area contributed by atoms with E-state index in [-0.39, 0.29) is 11.7 Å². The summed E-state index contributed by atoms with van der Waals surface area (Å²) in [6.07, 6.45) is 3.37. The summed E-state index contributed by atoms with van der Waals surface area (Å²) in [6.45, 7) is 7.21. The lowest BCUT2D eigenvalue weighted by atomic mass is 10.1. The SMILES string of the molecule is CCCCCN(c1cc(NN)cc([N+](=O)[O-])c1)C(C)C. The Hall–Kier alpha value is -1.82. The number of nitrogens with zero attached hydrogens (tertiary/aromatic N) is 2. The Morgan fingerprint density at radius 2 is 2.05 bits per heavy atom. The fourth-order valence-electron chi connectivity index (χ4n) is 2.17. The fourth-order valence-corrected chi connectivity index (χ4v) is 2.17. The van der Waals surface area contributed by atoms with E-state index in [9.17, 15) is 10.1 Å². The molecule has 0 heterocycles. The van der Waals surface area contributed by atoms with Crippen LogP contribution in [0.4, 0.5) is 17.1 Å². The minimum atomic E-state index is -0.394. The van der Waals surface area contributed by atoms with E-state index in [1.54, 1.807) is 6.07 Å². The van der Waals surface area contributed by atoms with Gasteiger partial charge in [0.1, 0.15) is 0 Å². The minimum Gasteiger partial charge on any atom is -0.369 e. The summed E-state index contributed by atoms with van der Waals surface area (Å²) >= 11 is 0. The quantitative estimate of drug-likeness (QED) is 0.330. The van der Waals surface area contributed by atoms with Crippen LogP contribution in [-0.2, 0) is 0 Å². The van der Waals surface area contributed by atoms with Crippen molar-refractivity contribution in [1.82, 2.24) is 0 Å². The summed E-state index contributed by atoms with van der Waals surface area (Å²) in [7, 11) is 0. The molecule has 0 atom stereocenters. The van der Waals surface area contributed by atoms with Gasteiger partial charge in [0, 0.05) is 30.4 Å². The molecule has 0 aromatic heterocycles. The standard InChI is InChI=1S/C14H24N4O2/c1-4-5-6-7-17(11(2)3)13-8-12(16-15)9-14(10-13)18(19)20/h8-11,16H,4-7,15H2,1-3H3. The summed E-state index contributed by atoms with van der Waals surface area (Å²) in [5, 5.41) is 11.0. The van der Waals surface area contributed by atoms with Crippen molar-refractivity contribution in [2.45, 2.75) is 46.1 Å². The number of nitrogens with one attached hydrogen (secondary N) is 1. The van der Waals surface area contributed by atoms with Crippen molar-refractivity contribution in [3.05, 3.63) is 28.3 Å². The average Bonchev–Trinajstić information content (AvgIpc) is 2.42. The van der Waals surface area contributed by atoms with Crippen molar-refractivity contribution < 1.29 is 4.92 Å². The van der Waals surface area contributed by atoms with Crippen LogP contribution >= 0.6 is 0 Å². The highest BCUT2D eigenvalue weighted by Crippen LogP contribution is 2.28. The smallest absolute Gasteiger partial charge is 0.273 e. The highest BCUT2D eigenvalue weighted by molar-refractivity contribution is 5.64. The summed E-state index contributed by atoms with van der Waals surface area (Å²) in [6, 6.07) is 5.17. The van der Waals surface area contributed by atoms with Gasteiger partial charge in [0.05, 0.1) is 10.6 Å². The number of nitrogens with two attached hydrogens (primary N) is 1. The molecule has 0 amide bonds. The third-order valence-electron chi connectivity index (χ3n) is 3.24. The van der Waals surface area contributed by atoms with Crippen molar-refractivity contribution in [1.29, 1.82) is 0 Å². The molecule has 1 aromatic carbocycles. The first-order valence-electron chi connectivity index (χ1n) is 7.02. The molecule has 1 aromatic rings. The van der Waals surface area contributed by atoms with Gasteiger partial charge in [-0.05, 0) is 26.3 Å². The van der Waals surface area contributed by atoms with Crippen LogP contribution in [0.3, 0.4) is 0 Å². The third kappa shape index (κ3) is 4.38. The van der Waals surface area contributed by atoms with E-state index in [0.717, 1.165) is 31.5 Å². The lowest BCUT2D eigenvalue weighted by Gasteiger charge is -2.29.